The Kier molecular flexibility index (Phi) is 6.68. The minimum atomic E-state index is -0.310. The minimum absolute atomic E-state index is 0.129. The molecule has 0 spiro atoms. The summed E-state index contributed by atoms with van der Waals surface area (Å²) in [6.07, 6.45) is 1.16. The normalized spacial score (nSPS) is 11.4. The van der Waals surface area contributed by atoms with E-state index in [9.17, 15) is 4.79 Å². The Balaban J connectivity index is 2.61. The summed E-state index contributed by atoms with van der Waals surface area (Å²) >= 11 is 0. The molecule has 0 saturated carbocycles. The number of hydrogen-bond acceptors (Lipinski definition) is 3. The van der Waals surface area contributed by atoms with Gasteiger partial charge in [-0.3, -0.25) is 4.79 Å². The fourth-order valence-electron chi connectivity index (χ4n) is 1.88. The van der Waals surface area contributed by atoms with Gasteiger partial charge in [0.1, 0.15) is 0 Å². The van der Waals surface area contributed by atoms with Gasteiger partial charge in [0.15, 0.2) is 0 Å². The first-order valence-corrected chi connectivity index (χ1v) is 7.02. The molecule has 2 N–H and O–H groups in total. The van der Waals surface area contributed by atoms with Crippen LogP contribution < -0.4 is 5.73 Å². The van der Waals surface area contributed by atoms with E-state index in [1.165, 1.54) is 0 Å². The molecule has 0 aliphatic carbocycles. The van der Waals surface area contributed by atoms with Crippen molar-refractivity contribution in [3.63, 3.8) is 0 Å². The van der Waals surface area contributed by atoms with Crippen LogP contribution in [0.5, 0.6) is 0 Å². The van der Waals surface area contributed by atoms with Gasteiger partial charge in [-0.05, 0) is 25.8 Å². The zero-order valence-corrected chi connectivity index (χ0v) is 12.8. The molecule has 0 radical (unpaired) electrons. The van der Waals surface area contributed by atoms with Crippen LogP contribution in [0.1, 0.15) is 32.3 Å². The number of carbonyl (C=O) groups excluding carboxylic acids is 1. The molecule has 1 amide bonds. The third-order valence-electron chi connectivity index (χ3n) is 3.12. The first-order valence-electron chi connectivity index (χ1n) is 7.02. The van der Waals surface area contributed by atoms with Crippen molar-refractivity contribution in [3.8, 4) is 0 Å². The lowest BCUT2D eigenvalue weighted by atomic mass is 9.99. The van der Waals surface area contributed by atoms with Crippen LogP contribution in [0.4, 0.5) is 0 Å². The maximum Gasteiger partial charge on any atom is 0.223 e. The number of methoxy groups -OCH3 is 1. The summed E-state index contributed by atoms with van der Waals surface area (Å²) in [7, 11) is 1.65. The quantitative estimate of drug-likeness (QED) is 0.793. The van der Waals surface area contributed by atoms with Crippen molar-refractivity contribution in [3.05, 3.63) is 35.9 Å². The second-order valence-electron chi connectivity index (χ2n) is 5.78. The largest absolute Gasteiger partial charge is 0.383 e. The van der Waals surface area contributed by atoms with Gasteiger partial charge in [-0.25, -0.2) is 0 Å². The van der Waals surface area contributed by atoms with Gasteiger partial charge in [0.25, 0.3) is 0 Å². The predicted molar refractivity (Wildman–Crippen MR) is 81.2 cm³/mol. The molecule has 0 aromatic heterocycles. The molecule has 0 heterocycles. The number of rotatable bonds is 8. The molecular formula is C16H26N2O2. The standard InChI is InChI=1S/C16H26N2O2/c1-16(2,17)10-9-15(19)18(11-12-20-3)13-14-7-5-4-6-8-14/h4-8H,9-13,17H2,1-3H3. The van der Waals surface area contributed by atoms with Crippen LogP contribution in [0, 0.1) is 0 Å². The van der Waals surface area contributed by atoms with Crippen molar-refractivity contribution in [2.24, 2.45) is 5.73 Å². The zero-order valence-electron chi connectivity index (χ0n) is 12.8. The van der Waals surface area contributed by atoms with E-state index in [-0.39, 0.29) is 11.4 Å². The molecule has 0 saturated heterocycles. The SMILES string of the molecule is COCCN(Cc1ccccc1)C(=O)CCC(C)(C)N. The lowest BCUT2D eigenvalue weighted by Gasteiger charge is -2.25. The summed E-state index contributed by atoms with van der Waals surface area (Å²) in [5.41, 5.74) is 6.76. The highest BCUT2D eigenvalue weighted by Crippen LogP contribution is 2.11. The Morgan fingerprint density at radius 3 is 2.50 bits per heavy atom. The summed E-state index contributed by atoms with van der Waals surface area (Å²) in [6.45, 7) is 5.65. The van der Waals surface area contributed by atoms with Gasteiger partial charge >= 0.3 is 0 Å². The number of hydrogen-bond donors (Lipinski definition) is 1. The molecule has 1 aromatic rings. The third-order valence-corrected chi connectivity index (χ3v) is 3.12. The van der Waals surface area contributed by atoms with Crippen LogP contribution in [0.15, 0.2) is 30.3 Å². The maximum atomic E-state index is 12.3. The Hall–Kier alpha value is -1.39. The summed E-state index contributed by atoms with van der Waals surface area (Å²) < 4.78 is 5.09. The smallest absolute Gasteiger partial charge is 0.223 e. The van der Waals surface area contributed by atoms with Gasteiger partial charge in [0, 0.05) is 32.2 Å². The molecular weight excluding hydrogens is 252 g/mol. The number of carbonyl (C=O) groups is 1. The number of amides is 1. The Bertz CT molecular complexity index is 399. The highest BCUT2D eigenvalue weighted by Gasteiger charge is 2.18. The van der Waals surface area contributed by atoms with Gasteiger partial charge in [-0.2, -0.15) is 0 Å². The topological polar surface area (TPSA) is 55.6 Å². The van der Waals surface area contributed by atoms with Crippen molar-refractivity contribution >= 4 is 5.91 Å². The molecule has 112 valence electrons. The van der Waals surface area contributed by atoms with Gasteiger partial charge in [0.05, 0.1) is 6.61 Å². The fraction of sp³-hybridized carbons (Fsp3) is 0.562. The lowest BCUT2D eigenvalue weighted by molar-refractivity contribution is -0.132. The van der Waals surface area contributed by atoms with Crippen LogP contribution in [-0.4, -0.2) is 36.6 Å². The number of nitrogens with zero attached hydrogens (tertiary/aromatic N) is 1. The molecule has 0 aliphatic heterocycles. The van der Waals surface area contributed by atoms with Crippen LogP contribution in [0.2, 0.25) is 0 Å². The predicted octanol–water partition coefficient (Wildman–Crippen LogP) is 2.18. The molecule has 4 heteroatoms. The maximum absolute atomic E-state index is 12.3. The van der Waals surface area contributed by atoms with E-state index < -0.39 is 0 Å². The summed E-state index contributed by atoms with van der Waals surface area (Å²) in [5.74, 6) is 0.129. The first-order chi connectivity index (χ1) is 9.42. The molecule has 4 nitrogen and oxygen atoms in total. The zero-order chi connectivity index (χ0) is 15.0. The van der Waals surface area contributed by atoms with Gasteiger partial charge < -0.3 is 15.4 Å². The second kappa shape index (κ2) is 8.02. The van der Waals surface area contributed by atoms with Crippen molar-refractivity contribution in [2.45, 2.75) is 38.8 Å². The lowest BCUT2D eigenvalue weighted by Crippen LogP contribution is -2.37. The highest BCUT2D eigenvalue weighted by molar-refractivity contribution is 5.76. The molecule has 20 heavy (non-hydrogen) atoms. The van der Waals surface area contributed by atoms with E-state index in [2.05, 4.69) is 0 Å². The van der Waals surface area contributed by atoms with Gasteiger partial charge in [-0.15, -0.1) is 0 Å². The van der Waals surface area contributed by atoms with Crippen LogP contribution >= 0.6 is 0 Å². The molecule has 0 fully saturated rings. The van der Waals surface area contributed by atoms with Crippen molar-refractivity contribution in [1.29, 1.82) is 0 Å². The van der Waals surface area contributed by atoms with E-state index in [0.29, 0.717) is 32.5 Å². The molecule has 0 bridgehead atoms. The summed E-state index contributed by atoms with van der Waals surface area (Å²) in [5, 5.41) is 0. The van der Waals surface area contributed by atoms with E-state index in [4.69, 9.17) is 10.5 Å². The first kappa shape index (κ1) is 16.7. The van der Waals surface area contributed by atoms with Gasteiger partial charge in [0.2, 0.25) is 5.91 Å². The average molecular weight is 278 g/mol. The van der Waals surface area contributed by atoms with Crippen LogP contribution in [0.3, 0.4) is 0 Å². The third kappa shape index (κ3) is 6.68. The van der Waals surface area contributed by atoms with Crippen molar-refractivity contribution in [2.75, 3.05) is 20.3 Å². The van der Waals surface area contributed by atoms with Crippen molar-refractivity contribution < 1.29 is 9.53 Å². The van der Waals surface area contributed by atoms with Gasteiger partial charge in [-0.1, -0.05) is 30.3 Å². The van der Waals surface area contributed by atoms with Crippen molar-refractivity contribution in [1.82, 2.24) is 4.90 Å². The Morgan fingerprint density at radius 2 is 1.95 bits per heavy atom. The highest BCUT2D eigenvalue weighted by atomic mass is 16.5. The molecule has 0 aliphatic rings. The molecule has 0 unspecified atom stereocenters. The summed E-state index contributed by atoms with van der Waals surface area (Å²) in [6, 6.07) is 10.00. The van der Waals surface area contributed by atoms with Crippen LogP contribution in [0.25, 0.3) is 0 Å². The minimum Gasteiger partial charge on any atom is -0.383 e. The number of ether oxygens (including phenoxy) is 1. The Labute approximate surface area is 121 Å². The van der Waals surface area contributed by atoms with E-state index in [1.807, 2.05) is 49.1 Å². The second-order valence-corrected chi connectivity index (χ2v) is 5.78. The molecule has 1 rings (SSSR count). The monoisotopic (exact) mass is 278 g/mol. The number of benzene rings is 1. The molecule has 1 aromatic carbocycles. The number of nitrogens with two attached hydrogens (primary N) is 1. The molecule has 0 atom stereocenters. The van der Waals surface area contributed by atoms with E-state index in [1.54, 1.807) is 7.11 Å². The van der Waals surface area contributed by atoms with E-state index in [0.717, 1.165) is 5.56 Å². The van der Waals surface area contributed by atoms with Crippen LogP contribution in [-0.2, 0) is 16.1 Å². The summed E-state index contributed by atoms with van der Waals surface area (Å²) in [4.78, 5) is 14.2. The fourth-order valence-corrected chi connectivity index (χ4v) is 1.88. The Morgan fingerprint density at radius 1 is 1.30 bits per heavy atom. The van der Waals surface area contributed by atoms with E-state index >= 15 is 0 Å². The average Bonchev–Trinajstić information content (AvgIpc) is 2.41.